The van der Waals surface area contributed by atoms with Crippen LogP contribution in [0.4, 0.5) is 0 Å². The third-order valence-corrected chi connectivity index (χ3v) is 13.5. The van der Waals surface area contributed by atoms with Crippen molar-refractivity contribution >= 4 is 72.0 Å². The molecule has 8 aromatic rings. The van der Waals surface area contributed by atoms with E-state index >= 15 is 0 Å². The van der Waals surface area contributed by atoms with Crippen LogP contribution in [0.3, 0.4) is 0 Å². The molecule has 1 aliphatic heterocycles. The topological polar surface area (TPSA) is 51.0 Å². The lowest BCUT2D eigenvalue weighted by atomic mass is 9.72. The maximum atomic E-state index is 5.44. The minimum Gasteiger partial charge on any atom is -0.293 e. The highest BCUT2D eigenvalue weighted by molar-refractivity contribution is 6.28. The number of pyridine rings is 3. The van der Waals surface area contributed by atoms with Crippen LogP contribution >= 0.6 is 0 Å². The molecule has 0 amide bonds. The second-order valence-electron chi connectivity index (χ2n) is 17.2. The summed E-state index contributed by atoms with van der Waals surface area (Å²) >= 11 is 0. The van der Waals surface area contributed by atoms with Crippen molar-refractivity contribution in [3.05, 3.63) is 187 Å². The highest BCUT2D eigenvalue weighted by atomic mass is 14.8. The Bertz CT molecular complexity index is 3200. The molecule has 3 aliphatic rings. The van der Waals surface area contributed by atoms with Gasteiger partial charge in [-0.15, -0.1) is 0 Å². The Labute approximate surface area is 357 Å². The van der Waals surface area contributed by atoms with Gasteiger partial charge < -0.3 is 0 Å². The predicted molar refractivity (Wildman–Crippen MR) is 258 cm³/mol. The number of hydrogen-bond donors (Lipinski definition) is 0. The molecule has 0 saturated heterocycles. The molecule has 61 heavy (non-hydrogen) atoms. The van der Waals surface area contributed by atoms with Crippen LogP contribution in [0.25, 0.3) is 77.0 Å². The van der Waals surface area contributed by atoms with Gasteiger partial charge in [-0.3, -0.25) is 4.99 Å². The molecular weight excluding hydrogens is 741 g/mol. The average molecular weight is 789 g/mol. The first kappa shape index (κ1) is 37.2. The van der Waals surface area contributed by atoms with Gasteiger partial charge in [0.1, 0.15) is 0 Å². The number of benzene rings is 5. The molecule has 4 nitrogen and oxygen atoms in total. The van der Waals surface area contributed by atoms with E-state index in [1.165, 1.54) is 43.5 Å². The molecule has 11 rings (SSSR count). The minimum atomic E-state index is -0.334. The van der Waals surface area contributed by atoms with Crippen LogP contribution in [0.2, 0.25) is 0 Å². The van der Waals surface area contributed by atoms with E-state index in [1.54, 1.807) is 0 Å². The summed E-state index contributed by atoms with van der Waals surface area (Å²) < 4.78 is 0. The van der Waals surface area contributed by atoms with Crippen LogP contribution in [0.15, 0.2) is 169 Å². The van der Waals surface area contributed by atoms with Crippen molar-refractivity contribution in [2.45, 2.75) is 50.9 Å². The largest absolute Gasteiger partial charge is 0.293 e. The summed E-state index contributed by atoms with van der Waals surface area (Å²) in [7, 11) is 0. The van der Waals surface area contributed by atoms with Crippen molar-refractivity contribution in [1.29, 1.82) is 0 Å². The number of aryl methyl sites for hydroxylation is 1. The molecule has 0 saturated carbocycles. The Hall–Kier alpha value is -6.78. The van der Waals surface area contributed by atoms with Crippen molar-refractivity contribution in [2.24, 2.45) is 16.8 Å². The highest BCUT2D eigenvalue weighted by Gasteiger charge is 2.34. The van der Waals surface area contributed by atoms with Gasteiger partial charge in [0.25, 0.3) is 0 Å². The van der Waals surface area contributed by atoms with Gasteiger partial charge in [0.15, 0.2) is 0 Å². The zero-order valence-electron chi connectivity index (χ0n) is 34.6. The first-order chi connectivity index (χ1) is 30.1. The summed E-state index contributed by atoms with van der Waals surface area (Å²) in [6.45, 7) is 3.07. The van der Waals surface area contributed by atoms with E-state index in [4.69, 9.17) is 19.9 Å². The Morgan fingerprint density at radius 1 is 0.705 bits per heavy atom. The first-order valence-electron chi connectivity index (χ1n) is 22.0. The van der Waals surface area contributed by atoms with E-state index in [0.29, 0.717) is 5.92 Å². The standard InChI is InChI=1S/C57H48N4/c1-57(43-18-14-36-58-37-43,51-34-32-42-30-29-41-31-33-49(39-16-5-2-6-17-39)59-55(41)56(42)61-51)35-13-3-4-15-38-25-27-40(28-26-38)54-53-47-22-10-8-20-45(47)44-19-7-9-21-46(44)52(53)48-23-11-12-24-50(48)60-54/h2,5-10,12-14,16-22,24-25,27-36,38,43H,3-4,11,15,23,26,37H2,1H3/b35-13-. The molecule has 0 radical (unpaired) electrons. The van der Waals surface area contributed by atoms with Gasteiger partial charge >= 0.3 is 0 Å². The fourth-order valence-electron chi connectivity index (χ4n) is 10.1. The normalized spacial score (nSPS) is 18.4. The number of fused-ring (bicyclic) bond motifs is 11. The third kappa shape index (κ3) is 6.71. The molecule has 0 bridgehead atoms. The van der Waals surface area contributed by atoms with Crippen LogP contribution in [-0.4, -0.2) is 27.7 Å². The van der Waals surface area contributed by atoms with Crippen molar-refractivity contribution in [3.63, 3.8) is 0 Å². The molecule has 3 unspecified atom stereocenters. The second-order valence-corrected chi connectivity index (χ2v) is 17.2. The third-order valence-electron chi connectivity index (χ3n) is 13.5. The fourth-order valence-corrected chi connectivity index (χ4v) is 10.1. The smallest absolute Gasteiger partial charge is 0.0972 e. The minimum absolute atomic E-state index is 0.199. The van der Waals surface area contributed by atoms with E-state index < -0.39 is 0 Å². The van der Waals surface area contributed by atoms with Crippen LogP contribution in [-0.2, 0) is 11.8 Å². The SMILES string of the molecule is CC(/C=C\CCCC1C=CC(c2nc3c(c4c5ccccc5c5ccccc5c24)CCC=C3)=CC1)(c1ccc2ccc3ccc(-c4ccccc4)nc3c2n1)C1C=CC=NC1. The number of aromatic nitrogens is 3. The van der Waals surface area contributed by atoms with Crippen LogP contribution < -0.4 is 0 Å². The Morgan fingerprint density at radius 3 is 2.18 bits per heavy atom. The zero-order valence-corrected chi connectivity index (χ0v) is 34.6. The number of dihydropyridines is 1. The number of rotatable bonds is 9. The quantitative estimate of drug-likeness (QED) is 0.0831. The Kier molecular flexibility index (Phi) is 9.57. The zero-order chi connectivity index (χ0) is 40.8. The summed E-state index contributed by atoms with van der Waals surface area (Å²) in [5.74, 6) is 0.703. The van der Waals surface area contributed by atoms with E-state index in [1.807, 2.05) is 12.3 Å². The molecule has 4 heterocycles. The number of aliphatic imine (C=N–C) groups is 1. The number of unbranched alkanes of at least 4 members (excludes halogenated alkanes) is 1. The predicted octanol–water partition coefficient (Wildman–Crippen LogP) is 14.2. The van der Waals surface area contributed by atoms with Crippen molar-refractivity contribution in [1.82, 2.24) is 15.0 Å². The van der Waals surface area contributed by atoms with E-state index in [9.17, 15) is 0 Å². The van der Waals surface area contributed by atoms with Gasteiger partial charge in [0.05, 0.1) is 33.8 Å². The maximum absolute atomic E-state index is 5.44. The monoisotopic (exact) mass is 788 g/mol. The lowest BCUT2D eigenvalue weighted by molar-refractivity contribution is 0.426. The molecule has 0 spiro atoms. The van der Waals surface area contributed by atoms with Crippen molar-refractivity contribution < 1.29 is 0 Å². The Balaban J connectivity index is 0.849. The molecular formula is C57H48N4. The lowest BCUT2D eigenvalue weighted by Crippen LogP contribution is -2.33. The summed E-state index contributed by atoms with van der Waals surface area (Å²) in [4.78, 5) is 20.8. The second kappa shape index (κ2) is 15.7. The molecule has 0 N–H and O–H groups in total. The van der Waals surface area contributed by atoms with Gasteiger partial charge in [-0.2, -0.15) is 0 Å². The Morgan fingerprint density at radius 2 is 1.43 bits per heavy atom. The summed E-state index contributed by atoms with van der Waals surface area (Å²) in [5, 5.41) is 10.1. The van der Waals surface area contributed by atoms with Gasteiger partial charge in [-0.1, -0.05) is 146 Å². The number of allylic oxidation sites excluding steroid dienone is 8. The van der Waals surface area contributed by atoms with Crippen LogP contribution in [0.1, 0.15) is 61.7 Å². The van der Waals surface area contributed by atoms with Crippen LogP contribution in [0.5, 0.6) is 0 Å². The fraction of sp³-hybridized carbons (Fsp3) is 0.193. The van der Waals surface area contributed by atoms with Crippen molar-refractivity contribution in [3.8, 4) is 11.3 Å². The van der Waals surface area contributed by atoms with Gasteiger partial charge in [-0.05, 0) is 114 Å². The average Bonchev–Trinajstić information content (AvgIpc) is 3.33. The lowest BCUT2D eigenvalue weighted by Gasteiger charge is -2.33. The van der Waals surface area contributed by atoms with Gasteiger partial charge in [0, 0.05) is 45.8 Å². The molecule has 0 fully saturated rings. The summed E-state index contributed by atoms with van der Waals surface area (Å²) in [6.07, 6.45) is 29.3. The summed E-state index contributed by atoms with van der Waals surface area (Å²) in [6, 6.07) is 41.3. The van der Waals surface area contributed by atoms with E-state index in [-0.39, 0.29) is 11.3 Å². The molecule has 296 valence electrons. The van der Waals surface area contributed by atoms with E-state index in [0.717, 1.165) is 95.2 Å². The van der Waals surface area contributed by atoms with Crippen molar-refractivity contribution in [2.75, 3.05) is 6.54 Å². The first-order valence-corrected chi connectivity index (χ1v) is 22.0. The molecule has 2 aliphatic carbocycles. The van der Waals surface area contributed by atoms with Gasteiger partial charge in [0.2, 0.25) is 0 Å². The highest BCUT2D eigenvalue weighted by Crippen LogP contribution is 2.43. The number of nitrogens with zero attached hydrogens (tertiary/aromatic N) is 4. The maximum Gasteiger partial charge on any atom is 0.0972 e. The van der Waals surface area contributed by atoms with Gasteiger partial charge in [-0.25, -0.2) is 15.0 Å². The molecule has 5 aromatic carbocycles. The van der Waals surface area contributed by atoms with E-state index in [2.05, 4.69) is 171 Å². The molecule has 3 atom stereocenters. The molecule has 3 aromatic heterocycles. The summed E-state index contributed by atoms with van der Waals surface area (Å²) in [5.41, 5.74) is 9.54. The number of hydrogen-bond acceptors (Lipinski definition) is 4. The molecule has 4 heteroatoms. The van der Waals surface area contributed by atoms with Crippen LogP contribution in [0, 0.1) is 11.8 Å².